The summed E-state index contributed by atoms with van der Waals surface area (Å²) in [5.41, 5.74) is 6.94. The molecule has 0 spiro atoms. The number of morpholine rings is 1. The van der Waals surface area contributed by atoms with Crippen LogP contribution in [-0.4, -0.2) is 61.9 Å². The van der Waals surface area contributed by atoms with Crippen LogP contribution in [0.15, 0.2) is 18.5 Å². The molecule has 4 heterocycles. The van der Waals surface area contributed by atoms with Gasteiger partial charge in [0.25, 0.3) is 0 Å². The molecule has 2 aliphatic heterocycles. The molecule has 10 heteroatoms. The standard InChI is InChI=1S/C19H25ClN6O3/c1-19(2,3)29-18(27)26-13-4-12(5-14(26)10-28-9-13)25-8-11(7-22-25)15-6-16(20)23-24-17(15)21/h6-8,12-14H,4-5,9-10H2,1-3H3,(H2,21,24). The molecule has 2 bridgehead atoms. The lowest BCUT2D eigenvalue weighted by molar-refractivity contribution is -0.0886. The topological polar surface area (TPSA) is 108 Å². The summed E-state index contributed by atoms with van der Waals surface area (Å²) in [4.78, 5) is 14.6. The normalized spacial score (nSPS) is 24.4. The van der Waals surface area contributed by atoms with Crippen molar-refractivity contribution in [2.45, 2.75) is 57.3 Å². The van der Waals surface area contributed by atoms with Crippen molar-refractivity contribution in [1.82, 2.24) is 24.9 Å². The largest absolute Gasteiger partial charge is 0.444 e. The second kappa shape index (κ2) is 7.46. The Labute approximate surface area is 174 Å². The number of carbonyl (C=O) groups excluding carboxylic acids is 1. The van der Waals surface area contributed by atoms with Crippen LogP contribution in [0.4, 0.5) is 10.6 Å². The fraction of sp³-hybridized carbons (Fsp3) is 0.579. The number of rotatable bonds is 2. The Bertz CT molecular complexity index is 898. The molecule has 2 aliphatic rings. The smallest absolute Gasteiger partial charge is 0.410 e. The van der Waals surface area contributed by atoms with Gasteiger partial charge in [-0.25, -0.2) is 4.79 Å². The number of nitrogens with zero attached hydrogens (tertiary/aromatic N) is 5. The van der Waals surface area contributed by atoms with E-state index in [2.05, 4.69) is 15.3 Å². The van der Waals surface area contributed by atoms with E-state index in [1.54, 1.807) is 12.3 Å². The Morgan fingerprint density at radius 1 is 1.24 bits per heavy atom. The van der Waals surface area contributed by atoms with Crippen LogP contribution in [0, 0.1) is 0 Å². The number of carbonyl (C=O) groups is 1. The zero-order valence-corrected chi connectivity index (χ0v) is 17.5. The van der Waals surface area contributed by atoms with Crippen molar-refractivity contribution in [2.24, 2.45) is 0 Å². The van der Waals surface area contributed by atoms with Gasteiger partial charge in [-0.1, -0.05) is 11.6 Å². The van der Waals surface area contributed by atoms with Gasteiger partial charge < -0.3 is 15.2 Å². The lowest BCUT2D eigenvalue weighted by Crippen LogP contribution is -2.60. The number of aromatic nitrogens is 4. The fourth-order valence-corrected chi connectivity index (χ4v) is 4.15. The summed E-state index contributed by atoms with van der Waals surface area (Å²) in [5, 5.41) is 12.4. The highest BCUT2D eigenvalue weighted by molar-refractivity contribution is 6.29. The Morgan fingerprint density at radius 2 is 1.93 bits per heavy atom. The first-order valence-corrected chi connectivity index (χ1v) is 10.0. The Kier molecular flexibility index (Phi) is 5.12. The zero-order valence-electron chi connectivity index (χ0n) is 16.7. The summed E-state index contributed by atoms with van der Waals surface area (Å²) >= 11 is 5.96. The van der Waals surface area contributed by atoms with E-state index >= 15 is 0 Å². The van der Waals surface area contributed by atoms with Crippen molar-refractivity contribution < 1.29 is 14.3 Å². The molecule has 156 valence electrons. The SMILES string of the molecule is CC(C)(C)OC(=O)N1C2COCC1CC(n1cc(-c3cc(Cl)nnc3N)cn1)C2. The molecule has 2 unspecified atom stereocenters. The minimum Gasteiger partial charge on any atom is -0.444 e. The second-order valence-corrected chi connectivity index (χ2v) is 8.92. The number of ether oxygens (including phenoxy) is 2. The van der Waals surface area contributed by atoms with Gasteiger partial charge in [0.05, 0.1) is 37.5 Å². The number of anilines is 1. The molecule has 2 aromatic heterocycles. The molecule has 2 saturated heterocycles. The van der Waals surface area contributed by atoms with Gasteiger partial charge >= 0.3 is 6.09 Å². The molecule has 29 heavy (non-hydrogen) atoms. The number of amides is 1. The van der Waals surface area contributed by atoms with Crippen molar-refractivity contribution in [2.75, 3.05) is 18.9 Å². The van der Waals surface area contributed by atoms with Gasteiger partial charge in [-0.05, 0) is 39.7 Å². The van der Waals surface area contributed by atoms with Gasteiger partial charge in [0, 0.05) is 17.3 Å². The van der Waals surface area contributed by atoms with Gasteiger partial charge in [-0.3, -0.25) is 9.58 Å². The molecule has 4 rings (SSSR count). The van der Waals surface area contributed by atoms with E-state index in [4.69, 9.17) is 26.8 Å². The van der Waals surface area contributed by atoms with Crippen LogP contribution in [0.25, 0.3) is 11.1 Å². The second-order valence-electron chi connectivity index (χ2n) is 8.53. The van der Waals surface area contributed by atoms with E-state index in [0.29, 0.717) is 24.6 Å². The van der Waals surface area contributed by atoms with Crippen LogP contribution < -0.4 is 5.73 Å². The van der Waals surface area contributed by atoms with Gasteiger partial charge in [0.2, 0.25) is 0 Å². The number of halogens is 1. The molecule has 0 saturated carbocycles. The molecule has 2 fully saturated rings. The van der Waals surface area contributed by atoms with E-state index in [1.165, 1.54) is 0 Å². The Balaban J connectivity index is 1.53. The minimum atomic E-state index is -0.528. The first-order valence-electron chi connectivity index (χ1n) is 9.63. The molecule has 0 aliphatic carbocycles. The molecular weight excluding hydrogens is 396 g/mol. The van der Waals surface area contributed by atoms with Gasteiger partial charge in [-0.2, -0.15) is 5.10 Å². The van der Waals surface area contributed by atoms with E-state index in [0.717, 1.165) is 18.4 Å². The van der Waals surface area contributed by atoms with E-state index in [9.17, 15) is 4.79 Å². The van der Waals surface area contributed by atoms with Crippen LogP contribution in [0.1, 0.15) is 39.7 Å². The Hall–Kier alpha value is -2.39. The highest BCUT2D eigenvalue weighted by Crippen LogP contribution is 2.36. The summed E-state index contributed by atoms with van der Waals surface area (Å²) in [6.07, 6.45) is 4.88. The average molecular weight is 421 g/mol. The third-order valence-corrected chi connectivity index (χ3v) is 5.36. The van der Waals surface area contributed by atoms with E-state index in [1.807, 2.05) is 36.5 Å². The van der Waals surface area contributed by atoms with Gasteiger partial charge in [0.15, 0.2) is 11.0 Å². The first kappa shape index (κ1) is 19.9. The number of fused-ring (bicyclic) bond motifs is 2. The maximum atomic E-state index is 12.7. The molecule has 9 nitrogen and oxygen atoms in total. The van der Waals surface area contributed by atoms with Crippen LogP contribution >= 0.6 is 11.6 Å². The van der Waals surface area contributed by atoms with E-state index in [-0.39, 0.29) is 29.4 Å². The van der Waals surface area contributed by atoms with Crippen molar-refractivity contribution >= 4 is 23.5 Å². The number of hydrogen-bond donors (Lipinski definition) is 1. The van der Waals surface area contributed by atoms with Crippen LogP contribution in [-0.2, 0) is 9.47 Å². The molecule has 1 amide bonds. The van der Waals surface area contributed by atoms with Crippen LogP contribution in [0.2, 0.25) is 5.15 Å². The number of nitrogens with two attached hydrogens (primary N) is 1. The zero-order chi connectivity index (χ0) is 20.8. The molecule has 0 radical (unpaired) electrons. The highest BCUT2D eigenvalue weighted by Gasteiger charge is 2.44. The molecule has 0 aromatic carbocycles. The lowest BCUT2D eigenvalue weighted by Gasteiger charge is -2.48. The monoisotopic (exact) mass is 420 g/mol. The highest BCUT2D eigenvalue weighted by atomic mass is 35.5. The molecular formula is C19H25ClN6O3. The third kappa shape index (κ3) is 4.16. The summed E-state index contributed by atoms with van der Waals surface area (Å²) < 4.78 is 13.3. The van der Waals surface area contributed by atoms with Crippen molar-refractivity contribution in [1.29, 1.82) is 0 Å². The number of piperidine rings is 1. The van der Waals surface area contributed by atoms with Gasteiger partial charge in [-0.15, -0.1) is 10.2 Å². The number of nitrogen functional groups attached to an aromatic ring is 1. The quantitative estimate of drug-likeness (QED) is 0.795. The first-order chi connectivity index (χ1) is 13.7. The molecule has 2 atom stereocenters. The summed E-state index contributed by atoms with van der Waals surface area (Å²) in [7, 11) is 0. The van der Waals surface area contributed by atoms with Crippen molar-refractivity contribution in [3.63, 3.8) is 0 Å². The van der Waals surface area contributed by atoms with Gasteiger partial charge in [0.1, 0.15) is 5.60 Å². The fourth-order valence-electron chi connectivity index (χ4n) is 4.00. The maximum absolute atomic E-state index is 12.7. The molecule has 2 N–H and O–H groups in total. The molecule has 2 aromatic rings. The van der Waals surface area contributed by atoms with Crippen LogP contribution in [0.3, 0.4) is 0 Å². The average Bonchev–Trinajstić information content (AvgIpc) is 3.11. The van der Waals surface area contributed by atoms with Crippen molar-refractivity contribution in [3.05, 3.63) is 23.6 Å². The lowest BCUT2D eigenvalue weighted by atomic mass is 9.90. The number of hydrogen-bond acceptors (Lipinski definition) is 7. The summed E-state index contributed by atoms with van der Waals surface area (Å²) in [5.74, 6) is 0.305. The van der Waals surface area contributed by atoms with Crippen molar-refractivity contribution in [3.8, 4) is 11.1 Å². The third-order valence-electron chi connectivity index (χ3n) is 5.18. The Morgan fingerprint density at radius 3 is 2.59 bits per heavy atom. The predicted octanol–water partition coefficient (Wildman–Crippen LogP) is 2.92. The summed E-state index contributed by atoms with van der Waals surface area (Å²) in [6.45, 7) is 6.62. The predicted molar refractivity (Wildman–Crippen MR) is 107 cm³/mol. The van der Waals surface area contributed by atoms with Crippen LogP contribution in [0.5, 0.6) is 0 Å². The van der Waals surface area contributed by atoms with E-state index < -0.39 is 5.60 Å². The summed E-state index contributed by atoms with van der Waals surface area (Å²) in [6, 6.07) is 1.74. The minimum absolute atomic E-state index is 0.0443. The maximum Gasteiger partial charge on any atom is 0.410 e.